The van der Waals surface area contributed by atoms with Gasteiger partial charge < -0.3 is 9.88 Å². The molecule has 0 unspecified atom stereocenters. The molecule has 0 spiro atoms. The Bertz CT molecular complexity index is 325. The van der Waals surface area contributed by atoms with Crippen LogP contribution in [0.2, 0.25) is 0 Å². The molecule has 1 heterocycles. The Labute approximate surface area is 103 Å². The van der Waals surface area contributed by atoms with E-state index in [1.807, 2.05) is 0 Å². The summed E-state index contributed by atoms with van der Waals surface area (Å²) in [5, 5.41) is 3.18. The maximum Gasteiger partial charge on any atom is 0.441 e. The van der Waals surface area contributed by atoms with Gasteiger partial charge in [0, 0.05) is 25.0 Å². The minimum Gasteiger partial charge on any atom is -0.336 e. The van der Waals surface area contributed by atoms with Gasteiger partial charge in [-0.25, -0.2) is 4.98 Å². The molecule has 0 fully saturated rings. The second kappa shape index (κ2) is 6.90. The van der Waals surface area contributed by atoms with Crippen molar-refractivity contribution < 1.29 is 13.2 Å². The molecule has 1 rings (SSSR count). The summed E-state index contributed by atoms with van der Waals surface area (Å²) < 4.78 is 37.4. The molecule has 3 nitrogen and oxygen atoms in total. The maximum absolute atomic E-state index is 11.9. The number of aromatic nitrogens is 2. The van der Waals surface area contributed by atoms with Gasteiger partial charge in [-0.1, -0.05) is 6.92 Å². The van der Waals surface area contributed by atoms with E-state index < -0.39 is 5.51 Å². The molecule has 1 aromatic heterocycles. The van der Waals surface area contributed by atoms with Gasteiger partial charge in [0.1, 0.15) is 0 Å². The van der Waals surface area contributed by atoms with Crippen LogP contribution in [0.25, 0.3) is 0 Å². The van der Waals surface area contributed by atoms with Gasteiger partial charge in [-0.3, -0.25) is 0 Å². The summed E-state index contributed by atoms with van der Waals surface area (Å²) in [7, 11) is 0. The van der Waals surface area contributed by atoms with Gasteiger partial charge in [0.25, 0.3) is 0 Å². The molecule has 0 radical (unpaired) electrons. The first-order valence-electron chi connectivity index (χ1n) is 5.43. The van der Waals surface area contributed by atoms with Crippen molar-refractivity contribution in [1.82, 2.24) is 14.9 Å². The van der Waals surface area contributed by atoms with Crippen LogP contribution in [-0.2, 0) is 13.1 Å². The molecule has 98 valence electrons. The van der Waals surface area contributed by atoms with Crippen molar-refractivity contribution in [3.05, 3.63) is 18.2 Å². The summed E-state index contributed by atoms with van der Waals surface area (Å²) in [4.78, 5) is 4.11. The van der Waals surface area contributed by atoms with Crippen molar-refractivity contribution in [2.75, 3.05) is 12.3 Å². The summed E-state index contributed by atoms with van der Waals surface area (Å²) in [5.41, 5.74) is -3.29. The molecule has 0 aliphatic heterocycles. The molecule has 0 bridgehead atoms. The highest BCUT2D eigenvalue weighted by molar-refractivity contribution is 8.00. The molecule has 0 aliphatic rings. The number of nitrogens with one attached hydrogen (secondary N) is 1. The number of halogens is 3. The topological polar surface area (TPSA) is 29.9 Å². The lowest BCUT2D eigenvalue weighted by Crippen LogP contribution is -2.13. The third kappa shape index (κ3) is 6.58. The Morgan fingerprint density at radius 3 is 2.88 bits per heavy atom. The fourth-order valence-electron chi connectivity index (χ4n) is 1.28. The Morgan fingerprint density at radius 1 is 1.47 bits per heavy atom. The van der Waals surface area contributed by atoms with E-state index >= 15 is 0 Å². The average Bonchev–Trinajstić information content (AvgIpc) is 2.64. The van der Waals surface area contributed by atoms with Gasteiger partial charge in [-0.15, -0.1) is 0 Å². The molecule has 7 heteroatoms. The lowest BCUT2D eigenvalue weighted by Gasteiger charge is -2.05. The van der Waals surface area contributed by atoms with E-state index in [9.17, 15) is 13.2 Å². The molecule has 0 saturated carbocycles. The standard InChI is InChI=1S/C10H16F3N3S/c1-2-3-14-6-9-7-16(8-15-9)4-5-17-10(11,12)13/h7-8,14H,2-6H2,1H3. The van der Waals surface area contributed by atoms with Crippen LogP contribution in [0.1, 0.15) is 19.0 Å². The van der Waals surface area contributed by atoms with Crippen LogP contribution in [0.5, 0.6) is 0 Å². The van der Waals surface area contributed by atoms with Crippen molar-refractivity contribution in [3.63, 3.8) is 0 Å². The largest absolute Gasteiger partial charge is 0.441 e. The predicted molar refractivity (Wildman–Crippen MR) is 62.7 cm³/mol. The van der Waals surface area contributed by atoms with E-state index in [4.69, 9.17) is 0 Å². The third-order valence-electron chi connectivity index (χ3n) is 2.03. The molecule has 0 aromatic carbocycles. The number of imidazole rings is 1. The summed E-state index contributed by atoms with van der Waals surface area (Å²) in [6, 6.07) is 0. The number of hydrogen-bond acceptors (Lipinski definition) is 3. The van der Waals surface area contributed by atoms with Crippen molar-refractivity contribution in [1.29, 1.82) is 0 Å². The summed E-state index contributed by atoms with van der Waals surface area (Å²) in [6.07, 6.45) is 4.39. The third-order valence-corrected chi connectivity index (χ3v) is 2.75. The van der Waals surface area contributed by atoms with Gasteiger partial charge in [-0.2, -0.15) is 13.2 Å². The fourth-order valence-corrected chi connectivity index (χ4v) is 1.81. The minimum absolute atomic E-state index is 0.00509. The Morgan fingerprint density at radius 2 is 2.24 bits per heavy atom. The Balaban J connectivity index is 2.26. The van der Waals surface area contributed by atoms with Crippen molar-refractivity contribution >= 4 is 11.8 Å². The zero-order chi connectivity index (χ0) is 12.7. The maximum atomic E-state index is 11.9. The summed E-state index contributed by atoms with van der Waals surface area (Å²) in [5.74, 6) is 0.0156. The van der Waals surface area contributed by atoms with Gasteiger partial charge in [0.2, 0.25) is 0 Å². The number of nitrogens with zero attached hydrogens (tertiary/aromatic N) is 2. The van der Waals surface area contributed by atoms with Crippen LogP contribution in [0, 0.1) is 0 Å². The zero-order valence-electron chi connectivity index (χ0n) is 9.63. The lowest BCUT2D eigenvalue weighted by molar-refractivity contribution is -0.0328. The monoisotopic (exact) mass is 267 g/mol. The number of alkyl halides is 3. The van der Waals surface area contributed by atoms with Gasteiger partial charge in [0.15, 0.2) is 0 Å². The second-order valence-corrected chi connectivity index (χ2v) is 4.73. The van der Waals surface area contributed by atoms with Gasteiger partial charge in [-0.05, 0) is 24.7 Å². The summed E-state index contributed by atoms with van der Waals surface area (Å²) in [6.45, 7) is 3.97. The Hall–Kier alpha value is -0.690. The predicted octanol–water partition coefficient (Wildman–Crippen LogP) is 2.64. The first kappa shape index (κ1) is 14.4. The van der Waals surface area contributed by atoms with E-state index in [0.29, 0.717) is 13.1 Å². The van der Waals surface area contributed by atoms with E-state index in [1.54, 1.807) is 17.1 Å². The Kier molecular flexibility index (Phi) is 5.84. The van der Waals surface area contributed by atoms with Gasteiger partial charge in [0.05, 0.1) is 12.0 Å². The number of thioether (sulfide) groups is 1. The van der Waals surface area contributed by atoms with Crippen LogP contribution in [0.15, 0.2) is 12.5 Å². The molecule has 1 N–H and O–H groups in total. The van der Waals surface area contributed by atoms with E-state index in [1.165, 1.54) is 0 Å². The zero-order valence-corrected chi connectivity index (χ0v) is 10.4. The molecule has 0 amide bonds. The highest BCUT2D eigenvalue weighted by atomic mass is 32.2. The van der Waals surface area contributed by atoms with Crippen LogP contribution in [0.3, 0.4) is 0 Å². The van der Waals surface area contributed by atoms with Crippen LogP contribution in [0.4, 0.5) is 13.2 Å². The van der Waals surface area contributed by atoms with E-state index in [0.717, 1.165) is 18.7 Å². The average molecular weight is 267 g/mol. The number of aryl methyl sites for hydroxylation is 1. The first-order chi connectivity index (χ1) is 8.01. The lowest BCUT2D eigenvalue weighted by atomic mass is 10.4. The van der Waals surface area contributed by atoms with Crippen molar-refractivity contribution in [2.45, 2.75) is 31.9 Å². The molecule has 1 aromatic rings. The highest BCUT2D eigenvalue weighted by Gasteiger charge is 2.27. The SMILES string of the molecule is CCCNCc1cn(CCSC(F)(F)F)cn1. The molecule has 0 aliphatic carbocycles. The molecule has 0 saturated heterocycles. The van der Waals surface area contributed by atoms with Crippen LogP contribution >= 0.6 is 11.8 Å². The highest BCUT2D eigenvalue weighted by Crippen LogP contribution is 2.29. The smallest absolute Gasteiger partial charge is 0.336 e. The summed E-state index contributed by atoms with van der Waals surface area (Å²) >= 11 is -0.00509. The van der Waals surface area contributed by atoms with Crippen molar-refractivity contribution in [2.24, 2.45) is 0 Å². The number of rotatable bonds is 7. The van der Waals surface area contributed by atoms with E-state index in [2.05, 4.69) is 17.2 Å². The van der Waals surface area contributed by atoms with Gasteiger partial charge >= 0.3 is 5.51 Å². The van der Waals surface area contributed by atoms with Crippen molar-refractivity contribution in [3.8, 4) is 0 Å². The normalized spacial score (nSPS) is 12.0. The molecule has 0 atom stereocenters. The molecular formula is C10H16F3N3S. The first-order valence-corrected chi connectivity index (χ1v) is 6.42. The van der Waals surface area contributed by atoms with Crippen LogP contribution < -0.4 is 5.32 Å². The van der Waals surface area contributed by atoms with Crippen LogP contribution in [-0.4, -0.2) is 27.4 Å². The fraction of sp³-hybridized carbons (Fsp3) is 0.700. The number of hydrogen-bond donors (Lipinski definition) is 1. The quantitative estimate of drug-likeness (QED) is 0.770. The minimum atomic E-state index is -4.15. The molecular weight excluding hydrogens is 251 g/mol. The molecule has 17 heavy (non-hydrogen) atoms. The second-order valence-electron chi connectivity index (χ2n) is 3.57. The van der Waals surface area contributed by atoms with E-state index in [-0.39, 0.29) is 17.5 Å².